The van der Waals surface area contributed by atoms with Crippen LogP contribution in [0, 0.1) is 0 Å². The van der Waals surface area contributed by atoms with Crippen molar-refractivity contribution in [3.05, 3.63) is 72.6 Å². The maximum atomic E-state index is 11.3. The number of benzene rings is 1. The van der Waals surface area contributed by atoms with Crippen LogP contribution in [0.1, 0.15) is 10.4 Å². The summed E-state index contributed by atoms with van der Waals surface area (Å²) in [7, 11) is 1.62. The van der Waals surface area contributed by atoms with Gasteiger partial charge in [-0.25, -0.2) is 9.78 Å². The number of hydrogen-bond donors (Lipinski definition) is 1. The van der Waals surface area contributed by atoms with Crippen molar-refractivity contribution >= 4 is 11.6 Å². The average Bonchev–Trinajstić information content (AvgIpc) is 3.07. The van der Waals surface area contributed by atoms with E-state index in [0.29, 0.717) is 11.3 Å². The van der Waals surface area contributed by atoms with Crippen LogP contribution in [0.4, 0.5) is 0 Å². The van der Waals surface area contributed by atoms with E-state index >= 15 is 0 Å². The van der Waals surface area contributed by atoms with Crippen LogP contribution >= 0.6 is 0 Å². The van der Waals surface area contributed by atoms with Crippen molar-refractivity contribution in [1.29, 1.82) is 0 Å². The second-order valence-electron chi connectivity index (χ2n) is 5.70. The lowest BCUT2D eigenvalue weighted by atomic mass is 10.1. The van der Waals surface area contributed by atoms with Gasteiger partial charge in [-0.1, -0.05) is 6.07 Å². The first-order chi connectivity index (χ1) is 12.7. The van der Waals surface area contributed by atoms with Gasteiger partial charge >= 0.3 is 5.97 Å². The van der Waals surface area contributed by atoms with Crippen molar-refractivity contribution in [1.82, 2.24) is 14.4 Å². The van der Waals surface area contributed by atoms with E-state index in [1.807, 2.05) is 46.9 Å². The molecule has 26 heavy (non-hydrogen) atoms. The highest BCUT2D eigenvalue weighted by molar-refractivity contribution is 5.90. The number of hydrogen-bond acceptors (Lipinski definition) is 4. The van der Waals surface area contributed by atoms with Crippen LogP contribution in [0.5, 0.6) is 5.75 Å². The summed E-state index contributed by atoms with van der Waals surface area (Å²) >= 11 is 0. The normalized spacial score (nSPS) is 10.8. The molecule has 3 aromatic heterocycles. The van der Waals surface area contributed by atoms with Crippen LogP contribution in [0.3, 0.4) is 0 Å². The molecule has 0 saturated heterocycles. The molecule has 0 amide bonds. The number of pyridine rings is 2. The summed E-state index contributed by atoms with van der Waals surface area (Å²) in [6.45, 7) is 0. The van der Waals surface area contributed by atoms with E-state index in [-0.39, 0.29) is 5.56 Å². The number of ether oxygens (including phenoxy) is 1. The van der Waals surface area contributed by atoms with Crippen molar-refractivity contribution in [2.75, 3.05) is 7.11 Å². The van der Waals surface area contributed by atoms with Crippen molar-refractivity contribution in [2.24, 2.45) is 0 Å². The molecule has 0 saturated carbocycles. The van der Waals surface area contributed by atoms with Gasteiger partial charge in [0.05, 0.1) is 24.1 Å². The highest BCUT2D eigenvalue weighted by atomic mass is 16.5. The SMILES string of the molecule is COc1ccc(-c2c(-c3ccccn3)nc3cc(C(=O)O)ccn23)cc1. The van der Waals surface area contributed by atoms with Crippen LogP contribution in [0.2, 0.25) is 0 Å². The van der Waals surface area contributed by atoms with E-state index in [2.05, 4.69) is 9.97 Å². The van der Waals surface area contributed by atoms with E-state index in [1.54, 1.807) is 31.6 Å². The van der Waals surface area contributed by atoms with Gasteiger partial charge in [0, 0.05) is 18.0 Å². The molecule has 0 aliphatic carbocycles. The number of imidazole rings is 1. The quantitative estimate of drug-likeness (QED) is 0.609. The van der Waals surface area contributed by atoms with Gasteiger partial charge in [0.1, 0.15) is 17.1 Å². The molecular formula is C20H15N3O3. The van der Waals surface area contributed by atoms with Crippen molar-refractivity contribution in [3.8, 4) is 28.4 Å². The number of aromatic nitrogens is 3. The number of nitrogens with zero attached hydrogens (tertiary/aromatic N) is 3. The third kappa shape index (κ3) is 2.67. The van der Waals surface area contributed by atoms with E-state index in [1.165, 1.54) is 0 Å². The van der Waals surface area contributed by atoms with Crippen LogP contribution in [-0.4, -0.2) is 32.6 Å². The number of carboxylic acid groups (broad SMARTS) is 1. The molecule has 6 heteroatoms. The minimum absolute atomic E-state index is 0.191. The number of carboxylic acids is 1. The van der Waals surface area contributed by atoms with Crippen LogP contribution in [0.15, 0.2) is 67.0 Å². The first-order valence-electron chi connectivity index (χ1n) is 7.98. The molecule has 0 radical (unpaired) electrons. The van der Waals surface area contributed by atoms with Gasteiger partial charge in [-0.2, -0.15) is 0 Å². The van der Waals surface area contributed by atoms with Crippen molar-refractivity contribution in [2.45, 2.75) is 0 Å². The molecule has 1 aromatic carbocycles. The fraction of sp³-hybridized carbons (Fsp3) is 0.0500. The Morgan fingerprint density at radius 2 is 1.92 bits per heavy atom. The Labute approximate surface area is 149 Å². The third-order valence-corrected chi connectivity index (χ3v) is 4.14. The zero-order chi connectivity index (χ0) is 18.1. The number of methoxy groups -OCH3 is 1. The second-order valence-corrected chi connectivity index (χ2v) is 5.70. The molecule has 3 heterocycles. The molecule has 0 atom stereocenters. The molecule has 0 bridgehead atoms. The summed E-state index contributed by atoms with van der Waals surface area (Å²) in [5.74, 6) is -0.226. The Morgan fingerprint density at radius 3 is 2.58 bits per heavy atom. The van der Waals surface area contributed by atoms with Gasteiger partial charge in [0.25, 0.3) is 0 Å². The summed E-state index contributed by atoms with van der Waals surface area (Å²) < 4.78 is 7.10. The van der Waals surface area contributed by atoms with Gasteiger partial charge in [-0.3, -0.25) is 9.38 Å². The van der Waals surface area contributed by atoms with Crippen molar-refractivity contribution in [3.63, 3.8) is 0 Å². The largest absolute Gasteiger partial charge is 0.497 e. The molecule has 0 aliphatic rings. The predicted molar refractivity (Wildman–Crippen MR) is 97.4 cm³/mol. The van der Waals surface area contributed by atoms with Crippen LogP contribution in [-0.2, 0) is 0 Å². The lowest BCUT2D eigenvalue weighted by Gasteiger charge is -2.07. The minimum Gasteiger partial charge on any atom is -0.497 e. The number of aromatic carboxylic acids is 1. The van der Waals surface area contributed by atoms with Gasteiger partial charge in [-0.05, 0) is 48.5 Å². The van der Waals surface area contributed by atoms with E-state index < -0.39 is 5.97 Å². The average molecular weight is 345 g/mol. The Morgan fingerprint density at radius 1 is 1.12 bits per heavy atom. The highest BCUT2D eigenvalue weighted by Crippen LogP contribution is 2.32. The first kappa shape index (κ1) is 15.8. The predicted octanol–water partition coefficient (Wildman–Crippen LogP) is 3.77. The maximum Gasteiger partial charge on any atom is 0.335 e. The second kappa shape index (κ2) is 6.33. The van der Waals surface area contributed by atoms with Crippen LogP contribution in [0.25, 0.3) is 28.3 Å². The summed E-state index contributed by atoms with van der Waals surface area (Å²) in [4.78, 5) is 20.3. The Kier molecular flexibility index (Phi) is 3.85. The van der Waals surface area contributed by atoms with E-state index in [9.17, 15) is 9.90 Å². The number of rotatable bonds is 4. The Hall–Kier alpha value is -3.67. The third-order valence-electron chi connectivity index (χ3n) is 4.14. The van der Waals surface area contributed by atoms with E-state index in [0.717, 1.165) is 22.7 Å². The fourth-order valence-electron chi connectivity index (χ4n) is 2.88. The molecular weight excluding hydrogens is 330 g/mol. The Balaban J connectivity index is 1.99. The maximum absolute atomic E-state index is 11.3. The minimum atomic E-state index is -0.985. The molecule has 4 rings (SSSR count). The molecule has 6 nitrogen and oxygen atoms in total. The van der Waals surface area contributed by atoms with Gasteiger partial charge in [0.2, 0.25) is 0 Å². The Bertz CT molecular complexity index is 1090. The van der Waals surface area contributed by atoms with Gasteiger partial charge in [-0.15, -0.1) is 0 Å². The molecule has 0 aliphatic heterocycles. The zero-order valence-electron chi connectivity index (χ0n) is 14.0. The molecule has 0 spiro atoms. The van der Waals surface area contributed by atoms with Crippen LogP contribution < -0.4 is 4.74 Å². The standard InChI is InChI=1S/C20H15N3O3/c1-26-15-7-5-13(6-8-15)19-18(16-4-2-3-10-21-16)22-17-12-14(20(24)25)9-11-23(17)19/h2-12H,1H3,(H,24,25). The molecule has 1 N–H and O–H groups in total. The fourth-order valence-corrected chi connectivity index (χ4v) is 2.88. The summed E-state index contributed by atoms with van der Waals surface area (Å²) in [5.41, 5.74) is 3.94. The van der Waals surface area contributed by atoms with E-state index in [4.69, 9.17) is 4.74 Å². The monoisotopic (exact) mass is 345 g/mol. The van der Waals surface area contributed by atoms with Gasteiger partial charge in [0.15, 0.2) is 0 Å². The topological polar surface area (TPSA) is 76.7 Å². The molecule has 128 valence electrons. The summed E-state index contributed by atoms with van der Waals surface area (Å²) in [5, 5.41) is 9.25. The summed E-state index contributed by atoms with van der Waals surface area (Å²) in [6.07, 6.45) is 3.43. The lowest BCUT2D eigenvalue weighted by Crippen LogP contribution is -1.98. The zero-order valence-corrected chi connectivity index (χ0v) is 14.0. The molecule has 0 fully saturated rings. The number of carbonyl (C=O) groups is 1. The van der Waals surface area contributed by atoms with Crippen molar-refractivity contribution < 1.29 is 14.6 Å². The number of fused-ring (bicyclic) bond motifs is 1. The smallest absolute Gasteiger partial charge is 0.335 e. The first-order valence-corrected chi connectivity index (χ1v) is 7.98. The molecule has 4 aromatic rings. The van der Waals surface area contributed by atoms with Gasteiger partial charge < -0.3 is 9.84 Å². The summed E-state index contributed by atoms with van der Waals surface area (Å²) in [6, 6.07) is 16.4. The molecule has 0 unspecified atom stereocenters. The highest BCUT2D eigenvalue weighted by Gasteiger charge is 2.18. The lowest BCUT2D eigenvalue weighted by molar-refractivity contribution is 0.0697.